The van der Waals surface area contributed by atoms with E-state index >= 15 is 0 Å². The summed E-state index contributed by atoms with van der Waals surface area (Å²) in [5.74, 6) is 0.497. The molecule has 0 aromatic carbocycles. The standard InChI is InChI=1S/C8H14O3/c1-2-5-3-10-8-6(9)4-11-7(5)8/h5-9H,2-4H2,1H3/t5-,6+,7+,8+/m0/s1. The molecular formula is C8H14O3. The zero-order chi connectivity index (χ0) is 7.84. The van der Waals surface area contributed by atoms with Crippen LogP contribution in [0.15, 0.2) is 0 Å². The summed E-state index contributed by atoms with van der Waals surface area (Å²) in [4.78, 5) is 0. The van der Waals surface area contributed by atoms with Gasteiger partial charge in [-0.3, -0.25) is 0 Å². The van der Waals surface area contributed by atoms with Gasteiger partial charge in [-0.2, -0.15) is 0 Å². The molecule has 11 heavy (non-hydrogen) atoms. The fourth-order valence-electron chi connectivity index (χ4n) is 1.91. The molecule has 0 saturated carbocycles. The molecule has 0 aromatic heterocycles. The Balaban J connectivity index is 2.04. The lowest BCUT2D eigenvalue weighted by Crippen LogP contribution is -2.28. The highest BCUT2D eigenvalue weighted by Crippen LogP contribution is 2.32. The molecule has 0 aliphatic carbocycles. The van der Waals surface area contributed by atoms with Gasteiger partial charge in [-0.15, -0.1) is 0 Å². The quantitative estimate of drug-likeness (QED) is 0.591. The zero-order valence-corrected chi connectivity index (χ0v) is 6.69. The van der Waals surface area contributed by atoms with Crippen molar-refractivity contribution < 1.29 is 14.6 Å². The van der Waals surface area contributed by atoms with Crippen molar-refractivity contribution in [1.82, 2.24) is 0 Å². The molecule has 0 unspecified atom stereocenters. The summed E-state index contributed by atoms with van der Waals surface area (Å²) in [7, 11) is 0. The monoisotopic (exact) mass is 158 g/mol. The van der Waals surface area contributed by atoms with Crippen LogP contribution >= 0.6 is 0 Å². The van der Waals surface area contributed by atoms with E-state index in [0.717, 1.165) is 13.0 Å². The second-order valence-corrected chi connectivity index (χ2v) is 3.33. The van der Waals surface area contributed by atoms with Crippen LogP contribution in [0.1, 0.15) is 13.3 Å². The molecule has 2 saturated heterocycles. The molecule has 2 fully saturated rings. The van der Waals surface area contributed by atoms with Crippen LogP contribution in [0.3, 0.4) is 0 Å². The third kappa shape index (κ3) is 1.08. The number of fused-ring (bicyclic) bond motifs is 1. The Labute approximate surface area is 66.3 Å². The number of ether oxygens (including phenoxy) is 2. The average Bonchev–Trinajstić information content (AvgIpc) is 2.53. The molecule has 2 aliphatic rings. The summed E-state index contributed by atoms with van der Waals surface area (Å²) in [5, 5.41) is 9.36. The Kier molecular flexibility index (Phi) is 1.87. The van der Waals surface area contributed by atoms with E-state index in [1.807, 2.05) is 0 Å². The van der Waals surface area contributed by atoms with Gasteiger partial charge in [-0.05, 0) is 6.42 Å². The maximum atomic E-state index is 9.36. The molecule has 0 radical (unpaired) electrons. The smallest absolute Gasteiger partial charge is 0.112 e. The van der Waals surface area contributed by atoms with Crippen molar-refractivity contribution in [2.24, 2.45) is 5.92 Å². The Morgan fingerprint density at radius 2 is 2.00 bits per heavy atom. The lowest BCUT2D eigenvalue weighted by Gasteiger charge is -2.12. The molecule has 0 bridgehead atoms. The molecule has 64 valence electrons. The van der Waals surface area contributed by atoms with Crippen molar-refractivity contribution in [3.63, 3.8) is 0 Å². The van der Waals surface area contributed by atoms with Crippen molar-refractivity contribution in [1.29, 1.82) is 0 Å². The maximum absolute atomic E-state index is 9.36. The van der Waals surface area contributed by atoms with E-state index < -0.39 is 6.10 Å². The van der Waals surface area contributed by atoms with Crippen LogP contribution in [0, 0.1) is 5.92 Å². The first-order valence-electron chi connectivity index (χ1n) is 4.24. The SMILES string of the molecule is CC[C@H]1CO[C@H]2[C@@H]1OC[C@H]2O. The Morgan fingerprint density at radius 3 is 2.73 bits per heavy atom. The molecular weight excluding hydrogens is 144 g/mol. The normalized spacial score (nSPS) is 49.6. The summed E-state index contributed by atoms with van der Waals surface area (Å²) < 4.78 is 10.8. The second kappa shape index (κ2) is 2.73. The van der Waals surface area contributed by atoms with E-state index in [9.17, 15) is 5.11 Å². The molecule has 0 spiro atoms. The first-order valence-corrected chi connectivity index (χ1v) is 4.24. The minimum absolute atomic E-state index is 0.0417. The van der Waals surface area contributed by atoms with Gasteiger partial charge in [0.05, 0.1) is 19.3 Å². The zero-order valence-electron chi connectivity index (χ0n) is 6.69. The Morgan fingerprint density at radius 1 is 1.27 bits per heavy atom. The summed E-state index contributed by atoms with van der Waals surface area (Å²) in [6.45, 7) is 3.33. The van der Waals surface area contributed by atoms with Crippen LogP contribution in [0.25, 0.3) is 0 Å². The van der Waals surface area contributed by atoms with Crippen LogP contribution in [0.4, 0.5) is 0 Å². The van der Waals surface area contributed by atoms with Gasteiger partial charge < -0.3 is 14.6 Å². The van der Waals surface area contributed by atoms with Crippen molar-refractivity contribution >= 4 is 0 Å². The van der Waals surface area contributed by atoms with E-state index in [0.29, 0.717) is 12.5 Å². The van der Waals surface area contributed by atoms with Gasteiger partial charge in [0.15, 0.2) is 0 Å². The number of hydrogen-bond acceptors (Lipinski definition) is 3. The number of hydrogen-bond donors (Lipinski definition) is 1. The van der Waals surface area contributed by atoms with E-state index in [1.54, 1.807) is 0 Å². The maximum Gasteiger partial charge on any atom is 0.112 e. The van der Waals surface area contributed by atoms with Crippen LogP contribution in [0.2, 0.25) is 0 Å². The lowest BCUT2D eigenvalue weighted by molar-refractivity contribution is 0.0168. The molecule has 0 amide bonds. The van der Waals surface area contributed by atoms with Crippen LogP contribution in [-0.2, 0) is 9.47 Å². The predicted molar refractivity (Wildman–Crippen MR) is 39.3 cm³/mol. The van der Waals surface area contributed by atoms with Crippen molar-refractivity contribution in [2.45, 2.75) is 31.7 Å². The highest BCUT2D eigenvalue weighted by Gasteiger charge is 2.45. The van der Waals surface area contributed by atoms with Crippen LogP contribution < -0.4 is 0 Å². The molecule has 0 aromatic rings. The minimum Gasteiger partial charge on any atom is -0.388 e. The average molecular weight is 158 g/mol. The first kappa shape index (κ1) is 7.53. The van der Waals surface area contributed by atoms with E-state index in [1.165, 1.54) is 0 Å². The molecule has 3 nitrogen and oxygen atoms in total. The van der Waals surface area contributed by atoms with Crippen LogP contribution in [-0.4, -0.2) is 36.6 Å². The predicted octanol–water partition coefficient (Wildman–Crippen LogP) is 0.171. The lowest BCUT2D eigenvalue weighted by atomic mass is 9.99. The summed E-state index contributed by atoms with van der Waals surface area (Å²) in [6, 6.07) is 0. The van der Waals surface area contributed by atoms with Crippen molar-refractivity contribution in [3.8, 4) is 0 Å². The molecule has 2 heterocycles. The van der Waals surface area contributed by atoms with Crippen molar-refractivity contribution in [3.05, 3.63) is 0 Å². The third-order valence-electron chi connectivity index (χ3n) is 2.65. The van der Waals surface area contributed by atoms with Gasteiger partial charge in [0.25, 0.3) is 0 Å². The number of rotatable bonds is 1. The van der Waals surface area contributed by atoms with Gasteiger partial charge >= 0.3 is 0 Å². The minimum atomic E-state index is -0.392. The van der Waals surface area contributed by atoms with E-state index in [-0.39, 0.29) is 12.2 Å². The van der Waals surface area contributed by atoms with Gasteiger partial charge in [0.1, 0.15) is 12.2 Å². The summed E-state index contributed by atoms with van der Waals surface area (Å²) >= 11 is 0. The molecule has 4 atom stereocenters. The van der Waals surface area contributed by atoms with Gasteiger partial charge in [0.2, 0.25) is 0 Å². The van der Waals surface area contributed by atoms with E-state index in [4.69, 9.17) is 9.47 Å². The van der Waals surface area contributed by atoms with E-state index in [2.05, 4.69) is 6.92 Å². The summed E-state index contributed by atoms with van der Waals surface area (Å²) in [5.41, 5.74) is 0. The fraction of sp³-hybridized carbons (Fsp3) is 1.00. The molecule has 2 rings (SSSR count). The highest BCUT2D eigenvalue weighted by molar-refractivity contribution is 4.93. The number of aliphatic hydroxyl groups excluding tert-OH is 1. The van der Waals surface area contributed by atoms with Gasteiger partial charge in [-0.25, -0.2) is 0 Å². The van der Waals surface area contributed by atoms with Crippen LogP contribution in [0.5, 0.6) is 0 Å². The third-order valence-corrected chi connectivity index (χ3v) is 2.65. The first-order chi connectivity index (χ1) is 5.33. The van der Waals surface area contributed by atoms with Crippen molar-refractivity contribution in [2.75, 3.05) is 13.2 Å². The molecule has 1 N–H and O–H groups in total. The van der Waals surface area contributed by atoms with Gasteiger partial charge in [-0.1, -0.05) is 6.92 Å². The fourth-order valence-corrected chi connectivity index (χ4v) is 1.91. The second-order valence-electron chi connectivity index (χ2n) is 3.33. The molecule has 3 heteroatoms. The van der Waals surface area contributed by atoms with Gasteiger partial charge in [0, 0.05) is 5.92 Å². The highest BCUT2D eigenvalue weighted by atomic mass is 16.6. The largest absolute Gasteiger partial charge is 0.388 e. The number of aliphatic hydroxyl groups is 1. The Hall–Kier alpha value is -0.120. The Bertz CT molecular complexity index is 148. The summed E-state index contributed by atoms with van der Waals surface area (Å²) in [6.07, 6.45) is 0.806. The molecule has 2 aliphatic heterocycles. The topological polar surface area (TPSA) is 38.7 Å².